The fourth-order valence-electron chi connectivity index (χ4n) is 1.96. The Morgan fingerprint density at radius 1 is 1.09 bits per heavy atom. The van der Waals surface area contributed by atoms with Gasteiger partial charge in [-0.2, -0.15) is 5.26 Å². The maximum Gasteiger partial charge on any atom is 0.335 e. The summed E-state index contributed by atoms with van der Waals surface area (Å²) in [4.78, 5) is 10.8. The van der Waals surface area contributed by atoms with Crippen molar-refractivity contribution in [3.8, 4) is 11.8 Å². The summed E-state index contributed by atoms with van der Waals surface area (Å²) in [5.74, 6) is -0.202. The number of hydrogen-bond acceptors (Lipinski definition) is 3. The van der Waals surface area contributed by atoms with Crippen LogP contribution in [-0.4, -0.2) is 18.2 Å². The van der Waals surface area contributed by atoms with Crippen LogP contribution in [0, 0.1) is 11.3 Å². The number of rotatable bonds is 5. The van der Waals surface area contributed by atoms with E-state index in [0.717, 1.165) is 11.3 Å². The lowest BCUT2D eigenvalue weighted by molar-refractivity contribution is 0.0697. The van der Waals surface area contributed by atoms with Crippen LogP contribution in [0.3, 0.4) is 0 Å². The van der Waals surface area contributed by atoms with Crippen molar-refractivity contribution in [3.05, 3.63) is 77.4 Å². The van der Waals surface area contributed by atoms with Gasteiger partial charge in [0, 0.05) is 0 Å². The van der Waals surface area contributed by atoms with Crippen LogP contribution in [0.2, 0.25) is 0 Å². The largest absolute Gasteiger partial charge is 0.497 e. The highest BCUT2D eigenvalue weighted by Gasteiger charge is 2.04. The van der Waals surface area contributed by atoms with E-state index in [4.69, 9.17) is 9.84 Å². The number of hydrogen-bond donors (Lipinski definition) is 1. The number of ether oxygens (including phenoxy) is 1. The number of carboxylic acids is 1. The number of carboxylic acid groups (broad SMARTS) is 1. The number of benzene rings is 2. The van der Waals surface area contributed by atoms with E-state index < -0.39 is 5.97 Å². The first-order chi connectivity index (χ1) is 11.1. The van der Waals surface area contributed by atoms with Gasteiger partial charge in [0.25, 0.3) is 0 Å². The average molecular weight is 305 g/mol. The highest BCUT2D eigenvalue weighted by Crippen LogP contribution is 2.16. The molecule has 2 aromatic rings. The Balaban J connectivity index is 2.16. The second-order valence-corrected chi connectivity index (χ2v) is 4.71. The summed E-state index contributed by atoms with van der Waals surface area (Å²) in [6, 6.07) is 15.9. The van der Waals surface area contributed by atoms with E-state index in [1.165, 1.54) is 12.1 Å². The lowest BCUT2D eigenvalue weighted by Crippen LogP contribution is -1.95. The van der Waals surface area contributed by atoms with E-state index in [2.05, 4.69) is 6.07 Å². The van der Waals surface area contributed by atoms with Gasteiger partial charge in [-0.05, 0) is 41.5 Å². The first-order valence-corrected chi connectivity index (χ1v) is 6.90. The van der Waals surface area contributed by atoms with E-state index >= 15 is 0 Å². The van der Waals surface area contributed by atoms with Gasteiger partial charge >= 0.3 is 5.97 Å². The zero-order valence-electron chi connectivity index (χ0n) is 12.6. The van der Waals surface area contributed by atoms with Crippen molar-refractivity contribution in [3.63, 3.8) is 0 Å². The van der Waals surface area contributed by atoms with Crippen molar-refractivity contribution in [1.82, 2.24) is 0 Å². The lowest BCUT2D eigenvalue weighted by atomic mass is 10.0. The van der Waals surface area contributed by atoms with Gasteiger partial charge in [-0.15, -0.1) is 0 Å². The highest BCUT2D eigenvalue weighted by atomic mass is 16.5. The van der Waals surface area contributed by atoms with E-state index in [-0.39, 0.29) is 5.56 Å². The van der Waals surface area contributed by atoms with Gasteiger partial charge in [0.2, 0.25) is 0 Å². The fourth-order valence-corrected chi connectivity index (χ4v) is 1.96. The number of nitrogens with zero attached hydrogens (tertiary/aromatic N) is 1. The Kier molecular flexibility index (Phi) is 5.32. The third-order valence-electron chi connectivity index (χ3n) is 3.23. The Hall–Kier alpha value is -3.32. The second kappa shape index (κ2) is 7.62. The molecule has 0 fully saturated rings. The molecular formula is C19H15NO3. The van der Waals surface area contributed by atoms with Crippen LogP contribution in [0.25, 0.3) is 11.6 Å². The van der Waals surface area contributed by atoms with Crippen LogP contribution in [0.1, 0.15) is 21.5 Å². The first kappa shape index (κ1) is 16.1. The molecule has 0 saturated carbocycles. The Bertz CT molecular complexity index is 779. The topological polar surface area (TPSA) is 70.3 Å². The third kappa shape index (κ3) is 4.32. The fraction of sp³-hybridized carbons (Fsp3) is 0.0526. The number of allylic oxidation sites excluding steroid dienone is 3. The SMILES string of the molecule is COc1ccc(/C=C/C=C(/C#N)c2ccc(C(=O)O)cc2)cc1. The quantitative estimate of drug-likeness (QED) is 0.669. The molecule has 0 radical (unpaired) electrons. The highest BCUT2D eigenvalue weighted by molar-refractivity contribution is 5.88. The molecule has 4 heteroatoms. The zero-order valence-corrected chi connectivity index (χ0v) is 12.6. The molecular weight excluding hydrogens is 290 g/mol. The summed E-state index contributed by atoms with van der Waals surface area (Å²) in [7, 11) is 1.61. The van der Waals surface area contributed by atoms with Gasteiger partial charge in [0.1, 0.15) is 5.75 Å². The molecule has 0 amide bonds. The summed E-state index contributed by atoms with van der Waals surface area (Å²) in [6.07, 6.45) is 5.36. The predicted molar refractivity (Wildman–Crippen MR) is 89.0 cm³/mol. The molecule has 0 heterocycles. The smallest absolute Gasteiger partial charge is 0.335 e. The van der Waals surface area contributed by atoms with Crippen molar-refractivity contribution >= 4 is 17.6 Å². The maximum absolute atomic E-state index is 10.8. The van der Waals surface area contributed by atoms with Crippen LogP contribution in [0.15, 0.2) is 60.7 Å². The van der Waals surface area contributed by atoms with Crippen molar-refractivity contribution < 1.29 is 14.6 Å². The van der Waals surface area contributed by atoms with Crippen molar-refractivity contribution in [2.24, 2.45) is 0 Å². The molecule has 2 rings (SSSR count). The minimum atomic E-state index is -0.988. The average Bonchev–Trinajstić information content (AvgIpc) is 2.59. The number of carbonyl (C=O) groups is 1. The predicted octanol–water partition coefficient (Wildman–Crippen LogP) is 4.01. The van der Waals surface area contributed by atoms with Gasteiger partial charge in [0.05, 0.1) is 24.3 Å². The summed E-state index contributed by atoms with van der Waals surface area (Å²) in [5, 5.41) is 18.1. The molecule has 0 aliphatic heterocycles. The van der Waals surface area contributed by atoms with Gasteiger partial charge in [0.15, 0.2) is 0 Å². The maximum atomic E-state index is 10.8. The number of nitriles is 1. The standard InChI is InChI=1S/C19H15NO3/c1-23-18-11-5-14(6-12-18)3-2-4-17(13-20)15-7-9-16(10-8-15)19(21)22/h2-12H,1H3,(H,21,22)/b3-2+,17-4-. The van der Waals surface area contributed by atoms with Crippen LogP contribution in [-0.2, 0) is 0 Å². The molecule has 1 N–H and O–H groups in total. The van der Waals surface area contributed by atoms with Crippen LogP contribution in [0.4, 0.5) is 0 Å². The minimum Gasteiger partial charge on any atom is -0.497 e. The van der Waals surface area contributed by atoms with E-state index in [9.17, 15) is 10.1 Å². The second-order valence-electron chi connectivity index (χ2n) is 4.71. The molecule has 0 saturated heterocycles. The van der Waals surface area contributed by atoms with Gasteiger partial charge in [-0.3, -0.25) is 0 Å². The lowest BCUT2D eigenvalue weighted by Gasteiger charge is -2.00. The molecule has 23 heavy (non-hydrogen) atoms. The van der Waals surface area contributed by atoms with Crippen LogP contribution >= 0.6 is 0 Å². The summed E-state index contributed by atoms with van der Waals surface area (Å²) < 4.78 is 5.09. The van der Waals surface area contributed by atoms with E-state index in [1.807, 2.05) is 30.3 Å². The minimum absolute atomic E-state index is 0.194. The molecule has 0 aromatic heterocycles. The first-order valence-electron chi connectivity index (χ1n) is 6.90. The third-order valence-corrected chi connectivity index (χ3v) is 3.23. The summed E-state index contributed by atoms with van der Waals surface area (Å²) in [6.45, 7) is 0. The number of methoxy groups -OCH3 is 1. The Labute approximate surface area is 134 Å². The summed E-state index contributed by atoms with van der Waals surface area (Å²) in [5.41, 5.74) is 2.32. The van der Waals surface area contributed by atoms with Gasteiger partial charge < -0.3 is 9.84 Å². The van der Waals surface area contributed by atoms with Crippen LogP contribution < -0.4 is 4.74 Å². The van der Waals surface area contributed by atoms with E-state index in [1.54, 1.807) is 31.4 Å². The molecule has 0 bridgehead atoms. The molecule has 0 atom stereocenters. The Morgan fingerprint density at radius 2 is 1.70 bits per heavy atom. The van der Waals surface area contributed by atoms with Crippen molar-refractivity contribution in [1.29, 1.82) is 5.26 Å². The molecule has 0 unspecified atom stereocenters. The van der Waals surface area contributed by atoms with Gasteiger partial charge in [-0.25, -0.2) is 4.79 Å². The molecule has 114 valence electrons. The molecule has 0 spiro atoms. The molecule has 0 aliphatic carbocycles. The normalized spacial score (nSPS) is 11.2. The molecule has 0 aliphatic rings. The molecule has 4 nitrogen and oxygen atoms in total. The van der Waals surface area contributed by atoms with E-state index in [0.29, 0.717) is 11.1 Å². The van der Waals surface area contributed by atoms with Gasteiger partial charge in [-0.1, -0.05) is 36.4 Å². The Morgan fingerprint density at radius 3 is 2.22 bits per heavy atom. The van der Waals surface area contributed by atoms with Crippen molar-refractivity contribution in [2.75, 3.05) is 7.11 Å². The number of aromatic carboxylic acids is 1. The monoisotopic (exact) mass is 305 g/mol. The zero-order chi connectivity index (χ0) is 16.7. The molecule has 2 aromatic carbocycles. The van der Waals surface area contributed by atoms with Crippen LogP contribution in [0.5, 0.6) is 5.75 Å². The summed E-state index contributed by atoms with van der Waals surface area (Å²) >= 11 is 0. The van der Waals surface area contributed by atoms with Crippen molar-refractivity contribution in [2.45, 2.75) is 0 Å².